The van der Waals surface area contributed by atoms with Gasteiger partial charge in [-0.2, -0.15) is 0 Å². The number of benzene rings is 4. The Morgan fingerprint density at radius 2 is 0.729 bits per heavy atom. The average Bonchev–Trinajstić information content (AvgIpc) is 3.07. The van der Waals surface area contributed by atoms with Crippen molar-refractivity contribution in [3.8, 4) is 11.5 Å². The Balaban J connectivity index is 0.000000275. The molecule has 4 unspecified atom stereocenters. The fourth-order valence-electron chi connectivity index (χ4n) is 5.72. The molecule has 4 aromatic carbocycles. The van der Waals surface area contributed by atoms with E-state index >= 15 is 0 Å². The molecule has 0 aliphatic heterocycles. The first-order chi connectivity index (χ1) is 22.5. The van der Waals surface area contributed by atoms with Gasteiger partial charge >= 0.3 is 0 Å². The topological polar surface area (TPSA) is 40.5 Å². The van der Waals surface area contributed by atoms with E-state index in [-0.39, 0.29) is 6.42 Å². The molecule has 12 heteroatoms. The Bertz CT molecular complexity index is 1650. The number of rotatable bonds is 10. The number of phenols is 2. The molecule has 0 heterocycles. The summed E-state index contributed by atoms with van der Waals surface area (Å²) in [5.74, 6) is -23.4. The maximum absolute atomic E-state index is 14.0. The van der Waals surface area contributed by atoms with E-state index in [1.165, 1.54) is 18.1 Å². The smallest absolute Gasteiger partial charge is 0.200 e. The predicted octanol–water partition coefficient (Wildman–Crippen LogP) is 11.6. The summed E-state index contributed by atoms with van der Waals surface area (Å²) in [5.41, 5.74) is 0.0734. The van der Waals surface area contributed by atoms with Crippen molar-refractivity contribution >= 4 is 0 Å². The first-order valence-corrected chi connectivity index (χ1v) is 15.2. The maximum Gasteiger partial charge on any atom is 0.200 e. The van der Waals surface area contributed by atoms with Crippen LogP contribution in [0.15, 0.2) is 48.5 Å². The van der Waals surface area contributed by atoms with Crippen LogP contribution >= 0.6 is 0 Å². The zero-order valence-corrected chi connectivity index (χ0v) is 26.4. The van der Waals surface area contributed by atoms with Gasteiger partial charge in [0.25, 0.3) is 0 Å². The van der Waals surface area contributed by atoms with E-state index in [2.05, 4.69) is 13.8 Å². The van der Waals surface area contributed by atoms with Crippen LogP contribution in [0.2, 0.25) is 0 Å². The summed E-state index contributed by atoms with van der Waals surface area (Å²) in [6, 6.07) is 15.0. The Hall–Kier alpha value is -4.22. The summed E-state index contributed by atoms with van der Waals surface area (Å²) in [6.45, 7) is 6.72. The van der Waals surface area contributed by atoms with Gasteiger partial charge < -0.3 is 10.2 Å². The van der Waals surface area contributed by atoms with Gasteiger partial charge in [0.1, 0.15) is 11.5 Å². The number of halogens is 10. The lowest BCUT2D eigenvalue weighted by Crippen LogP contribution is -2.15. The zero-order chi connectivity index (χ0) is 36.0. The highest BCUT2D eigenvalue weighted by Gasteiger charge is 2.33. The fourth-order valence-corrected chi connectivity index (χ4v) is 5.72. The summed E-state index contributed by atoms with van der Waals surface area (Å²) in [5, 5.41) is 18.7. The van der Waals surface area contributed by atoms with Crippen molar-refractivity contribution in [1.29, 1.82) is 0 Å². The first kappa shape index (κ1) is 38.2. The molecule has 0 radical (unpaired) electrons. The molecule has 4 rings (SSSR count). The maximum atomic E-state index is 14.0. The van der Waals surface area contributed by atoms with E-state index < -0.39 is 87.6 Å². The minimum Gasteiger partial charge on any atom is -0.508 e. The van der Waals surface area contributed by atoms with Gasteiger partial charge in [0, 0.05) is 11.1 Å². The minimum absolute atomic E-state index is 0.238. The molecular weight excluding hydrogens is 654 g/mol. The van der Waals surface area contributed by atoms with Gasteiger partial charge in [0.2, 0.25) is 11.6 Å². The molecule has 2 nitrogen and oxygen atoms in total. The molecule has 0 saturated carbocycles. The molecule has 48 heavy (non-hydrogen) atoms. The van der Waals surface area contributed by atoms with E-state index in [0.717, 1.165) is 19.8 Å². The molecule has 0 fully saturated rings. The predicted molar refractivity (Wildman–Crippen MR) is 161 cm³/mol. The molecule has 0 aliphatic rings. The van der Waals surface area contributed by atoms with Crippen LogP contribution in [0.25, 0.3) is 0 Å². The van der Waals surface area contributed by atoms with Crippen molar-refractivity contribution in [1.82, 2.24) is 0 Å². The summed E-state index contributed by atoms with van der Waals surface area (Å²) >= 11 is 0. The number of phenolic OH excluding ortho intramolecular Hbond substituents is 2. The van der Waals surface area contributed by atoms with Gasteiger partial charge in [0.05, 0.1) is 0 Å². The third-order valence-electron chi connectivity index (χ3n) is 8.48. The van der Waals surface area contributed by atoms with Crippen LogP contribution in [0.4, 0.5) is 43.9 Å². The molecule has 4 aromatic rings. The number of hydrogen-bond donors (Lipinski definition) is 2. The molecule has 260 valence electrons. The highest BCUT2D eigenvalue weighted by atomic mass is 19.2. The normalized spacial score (nSPS) is 13.8. The van der Waals surface area contributed by atoms with Crippen molar-refractivity contribution in [2.45, 2.75) is 77.0 Å². The Labute approximate surface area is 271 Å². The molecule has 0 spiro atoms. The van der Waals surface area contributed by atoms with Crippen LogP contribution in [-0.4, -0.2) is 10.2 Å². The van der Waals surface area contributed by atoms with Crippen molar-refractivity contribution in [2.24, 2.45) is 0 Å². The van der Waals surface area contributed by atoms with E-state index in [1.54, 1.807) is 24.3 Å². The van der Waals surface area contributed by atoms with Crippen molar-refractivity contribution < 1.29 is 54.1 Å². The average molecular weight is 689 g/mol. The van der Waals surface area contributed by atoms with Gasteiger partial charge in [-0.1, -0.05) is 52.0 Å². The molecular formula is C36H34F10O2. The monoisotopic (exact) mass is 688 g/mol. The lowest BCUT2D eigenvalue weighted by atomic mass is 9.83. The van der Waals surface area contributed by atoms with Crippen LogP contribution in [0, 0.1) is 58.2 Å². The van der Waals surface area contributed by atoms with Gasteiger partial charge in [0.15, 0.2) is 46.5 Å². The van der Waals surface area contributed by atoms with Gasteiger partial charge in [-0.3, -0.25) is 0 Å². The van der Waals surface area contributed by atoms with E-state index in [4.69, 9.17) is 0 Å². The van der Waals surface area contributed by atoms with Crippen LogP contribution in [0.3, 0.4) is 0 Å². The van der Waals surface area contributed by atoms with Gasteiger partial charge in [-0.25, -0.2) is 43.9 Å². The molecule has 0 saturated heterocycles. The minimum atomic E-state index is -2.38. The zero-order valence-electron chi connectivity index (χ0n) is 26.4. The molecule has 0 amide bonds. The number of hydrogen-bond acceptors (Lipinski definition) is 2. The molecule has 2 N–H and O–H groups in total. The third-order valence-corrected chi connectivity index (χ3v) is 8.48. The van der Waals surface area contributed by atoms with Crippen LogP contribution in [-0.2, 0) is 0 Å². The highest BCUT2D eigenvalue weighted by Crippen LogP contribution is 2.39. The van der Waals surface area contributed by atoms with E-state index in [1.807, 2.05) is 24.3 Å². The second-order valence-electron chi connectivity index (χ2n) is 11.6. The standard InChI is InChI=1S/C18H12F10.C18H22O2/c1-3-6(8-11(21)15(25)18(28)16(26)12(8)22)4-5(2)7-9(19)13(23)17(27)14(24)10(7)20;1-3-14(16-6-10-18(20)11-7-16)12-13(2)15-4-8-17(19)9-5-15/h5-6H,3-4H2,1-2H3;4-11,13-14,19-20H,3,12H2,1-2H3. The molecule has 4 atom stereocenters. The van der Waals surface area contributed by atoms with Crippen molar-refractivity contribution in [3.63, 3.8) is 0 Å². The van der Waals surface area contributed by atoms with Crippen molar-refractivity contribution in [3.05, 3.63) is 129 Å². The van der Waals surface area contributed by atoms with Gasteiger partial charge in [-0.05, 0) is 84.7 Å². The van der Waals surface area contributed by atoms with Crippen molar-refractivity contribution in [2.75, 3.05) is 0 Å². The second-order valence-corrected chi connectivity index (χ2v) is 11.6. The Kier molecular flexibility index (Phi) is 12.9. The van der Waals surface area contributed by atoms with Crippen LogP contribution < -0.4 is 0 Å². The first-order valence-electron chi connectivity index (χ1n) is 15.2. The van der Waals surface area contributed by atoms with E-state index in [0.29, 0.717) is 23.3 Å². The summed E-state index contributed by atoms with van der Waals surface area (Å²) in [4.78, 5) is 0. The molecule has 0 aromatic heterocycles. The SMILES string of the molecule is CCC(CC(C)c1c(F)c(F)c(F)c(F)c1F)c1c(F)c(F)c(F)c(F)c1F.CCC(CC(C)c1ccc(O)cc1)c1ccc(O)cc1. The summed E-state index contributed by atoms with van der Waals surface area (Å²) in [7, 11) is 0. The fraction of sp³-hybridized carbons (Fsp3) is 0.333. The lowest BCUT2D eigenvalue weighted by Gasteiger charge is -2.23. The molecule has 0 aliphatic carbocycles. The lowest BCUT2D eigenvalue weighted by molar-refractivity contribution is 0.349. The summed E-state index contributed by atoms with van der Waals surface area (Å²) < 4.78 is 136. The quantitative estimate of drug-likeness (QED) is 0.0989. The highest BCUT2D eigenvalue weighted by molar-refractivity contribution is 5.32. The molecule has 0 bridgehead atoms. The summed E-state index contributed by atoms with van der Waals surface area (Å²) in [6.07, 6.45) is 1.25. The Morgan fingerprint density at radius 1 is 0.417 bits per heavy atom. The Morgan fingerprint density at radius 3 is 1.10 bits per heavy atom. The van der Waals surface area contributed by atoms with Crippen LogP contribution in [0.1, 0.15) is 99.3 Å². The second kappa shape index (κ2) is 16.3. The van der Waals surface area contributed by atoms with Crippen LogP contribution in [0.5, 0.6) is 11.5 Å². The van der Waals surface area contributed by atoms with Gasteiger partial charge in [-0.15, -0.1) is 0 Å². The largest absolute Gasteiger partial charge is 0.508 e. The van der Waals surface area contributed by atoms with E-state index in [9.17, 15) is 54.1 Å². The third kappa shape index (κ3) is 8.25. The number of aromatic hydroxyl groups is 2.